The van der Waals surface area contributed by atoms with Crippen LogP contribution in [0.4, 0.5) is 0 Å². The van der Waals surface area contributed by atoms with Crippen molar-refractivity contribution in [3.63, 3.8) is 0 Å². The highest BCUT2D eigenvalue weighted by atomic mass is 16.4. The molecule has 10 atom stereocenters. The summed E-state index contributed by atoms with van der Waals surface area (Å²) < 4.78 is 0. The fourth-order valence-electron chi connectivity index (χ4n) is 7.98. The molecule has 4 N–H and O–H groups in total. The lowest BCUT2D eigenvalue weighted by atomic mass is 9.43. The van der Waals surface area contributed by atoms with E-state index in [9.17, 15) is 25.2 Å². The molecule has 26 heavy (non-hydrogen) atoms. The number of carboxylic acids is 1. The summed E-state index contributed by atoms with van der Waals surface area (Å²) >= 11 is 0. The van der Waals surface area contributed by atoms with Crippen molar-refractivity contribution < 1.29 is 25.2 Å². The molecule has 0 aromatic carbocycles. The number of aliphatic hydroxyl groups is 3. The lowest BCUT2D eigenvalue weighted by Gasteiger charge is -2.63. The summed E-state index contributed by atoms with van der Waals surface area (Å²) in [5, 5.41) is 41.9. The molecule has 5 nitrogen and oxygen atoms in total. The number of carbonyl (C=O) groups is 1. The van der Waals surface area contributed by atoms with Crippen molar-refractivity contribution in [1.29, 1.82) is 0 Å². The van der Waals surface area contributed by atoms with Gasteiger partial charge >= 0.3 is 5.97 Å². The molecule has 4 saturated carbocycles. The van der Waals surface area contributed by atoms with Gasteiger partial charge in [0.25, 0.3) is 0 Å². The van der Waals surface area contributed by atoms with Crippen molar-refractivity contribution in [3.8, 4) is 0 Å². The smallest absolute Gasteiger partial charge is 0.303 e. The number of carboxylic acid groups (broad SMARTS) is 1. The van der Waals surface area contributed by atoms with Gasteiger partial charge in [0.1, 0.15) is 0 Å². The fourth-order valence-corrected chi connectivity index (χ4v) is 7.98. The van der Waals surface area contributed by atoms with Crippen LogP contribution in [0, 0.1) is 40.4 Å². The van der Waals surface area contributed by atoms with Crippen molar-refractivity contribution in [2.75, 3.05) is 0 Å². The van der Waals surface area contributed by atoms with Crippen LogP contribution >= 0.6 is 0 Å². The standard InChI is InChI=1S/C21H34O5/c1-20-8-7-13(22)9-11(20)3-5-14-15-6-4-12(10-16(23)24)21(15,2)19(26)18(25)17(14)20/h11-15,17-19,22,25-26H,3-10H2,1-2H3,(H,23,24)/t11?,12-,13-,14+,15+,17-,18-,19+,20+,21-/m1/s1. The normalized spacial score (nSPS) is 56.3. The minimum absolute atomic E-state index is 0.0330. The van der Waals surface area contributed by atoms with E-state index in [0.717, 1.165) is 44.9 Å². The van der Waals surface area contributed by atoms with Gasteiger partial charge in [0.2, 0.25) is 0 Å². The molecule has 148 valence electrons. The Kier molecular flexibility index (Phi) is 4.44. The van der Waals surface area contributed by atoms with Gasteiger partial charge < -0.3 is 20.4 Å². The topological polar surface area (TPSA) is 98.0 Å². The molecule has 1 unspecified atom stereocenters. The Hall–Kier alpha value is -0.650. The molecule has 0 saturated heterocycles. The maximum Gasteiger partial charge on any atom is 0.303 e. The predicted molar refractivity (Wildman–Crippen MR) is 96.3 cm³/mol. The lowest BCUT2D eigenvalue weighted by Crippen LogP contribution is -2.65. The van der Waals surface area contributed by atoms with E-state index in [-0.39, 0.29) is 29.8 Å². The molecule has 4 rings (SSSR count). The SMILES string of the molecule is C[C@@]12[C@@H](CC(=O)O)CC[C@H]1[C@@H]1CCC3C[C@H](O)CC[C@]3(C)[C@H]1[C@@H](O)[C@@H]2O. The molecule has 0 radical (unpaired) electrons. The molecule has 0 heterocycles. The van der Waals surface area contributed by atoms with Crippen LogP contribution in [-0.4, -0.2) is 44.7 Å². The zero-order valence-electron chi connectivity index (χ0n) is 16.0. The maximum absolute atomic E-state index is 11.3. The summed E-state index contributed by atoms with van der Waals surface area (Å²) in [6.07, 6.45) is 4.60. The van der Waals surface area contributed by atoms with E-state index in [1.807, 2.05) is 6.92 Å². The van der Waals surface area contributed by atoms with Gasteiger partial charge in [-0.25, -0.2) is 0 Å². The second-order valence-corrected chi connectivity index (χ2v) is 10.2. The number of fused-ring (bicyclic) bond motifs is 5. The minimum Gasteiger partial charge on any atom is -0.481 e. The van der Waals surface area contributed by atoms with Gasteiger partial charge in [0, 0.05) is 11.8 Å². The summed E-state index contributed by atoms with van der Waals surface area (Å²) in [7, 11) is 0. The van der Waals surface area contributed by atoms with Crippen LogP contribution in [0.3, 0.4) is 0 Å². The molecule has 0 aromatic rings. The van der Waals surface area contributed by atoms with Crippen LogP contribution in [0.2, 0.25) is 0 Å². The van der Waals surface area contributed by atoms with Gasteiger partial charge in [0.05, 0.1) is 18.3 Å². The van der Waals surface area contributed by atoms with Gasteiger partial charge in [0.15, 0.2) is 0 Å². The quantitative estimate of drug-likeness (QED) is 0.602. The molecule has 0 spiro atoms. The Morgan fingerprint density at radius 1 is 1.04 bits per heavy atom. The molecule has 4 aliphatic carbocycles. The Balaban J connectivity index is 1.68. The van der Waals surface area contributed by atoms with E-state index in [1.54, 1.807) is 0 Å². The van der Waals surface area contributed by atoms with Crippen molar-refractivity contribution in [2.45, 2.75) is 83.5 Å². The monoisotopic (exact) mass is 366 g/mol. The first kappa shape index (κ1) is 18.7. The molecule has 5 heteroatoms. The van der Waals surface area contributed by atoms with E-state index in [1.165, 1.54) is 0 Å². The van der Waals surface area contributed by atoms with E-state index in [2.05, 4.69) is 6.92 Å². The molecule has 0 bridgehead atoms. The molecule has 4 fully saturated rings. The Morgan fingerprint density at radius 2 is 1.77 bits per heavy atom. The van der Waals surface area contributed by atoms with Crippen molar-refractivity contribution in [1.82, 2.24) is 0 Å². The minimum atomic E-state index is -0.858. The highest BCUT2D eigenvalue weighted by Gasteiger charge is 2.66. The lowest BCUT2D eigenvalue weighted by molar-refractivity contribution is -0.229. The third-order valence-corrected chi connectivity index (χ3v) is 9.35. The van der Waals surface area contributed by atoms with Gasteiger partial charge in [-0.15, -0.1) is 0 Å². The van der Waals surface area contributed by atoms with Crippen LogP contribution in [0.1, 0.15) is 65.2 Å². The molecule has 0 amide bonds. The van der Waals surface area contributed by atoms with Gasteiger partial charge in [-0.1, -0.05) is 13.8 Å². The summed E-state index contributed by atoms with van der Waals surface area (Å²) in [5.74, 6) is 0.251. The Morgan fingerprint density at radius 3 is 2.46 bits per heavy atom. The van der Waals surface area contributed by atoms with E-state index >= 15 is 0 Å². The molecule has 0 aliphatic heterocycles. The first-order valence-electron chi connectivity index (χ1n) is 10.5. The van der Waals surface area contributed by atoms with Crippen LogP contribution in [-0.2, 0) is 4.79 Å². The highest BCUT2D eigenvalue weighted by Crippen LogP contribution is 2.67. The van der Waals surface area contributed by atoms with Crippen molar-refractivity contribution in [3.05, 3.63) is 0 Å². The number of hydrogen-bond acceptors (Lipinski definition) is 4. The van der Waals surface area contributed by atoms with E-state index in [4.69, 9.17) is 0 Å². The number of rotatable bonds is 2. The Bertz CT molecular complexity index is 579. The summed E-state index contributed by atoms with van der Waals surface area (Å²) in [4.78, 5) is 11.3. The van der Waals surface area contributed by atoms with Crippen LogP contribution in [0.5, 0.6) is 0 Å². The van der Waals surface area contributed by atoms with Gasteiger partial charge in [-0.3, -0.25) is 4.79 Å². The maximum atomic E-state index is 11.3. The predicted octanol–water partition coefficient (Wildman–Crippen LogP) is 2.42. The third-order valence-electron chi connectivity index (χ3n) is 9.35. The largest absolute Gasteiger partial charge is 0.481 e. The van der Waals surface area contributed by atoms with Gasteiger partial charge in [-0.05, 0) is 80.0 Å². The highest BCUT2D eigenvalue weighted by molar-refractivity contribution is 5.67. The van der Waals surface area contributed by atoms with Gasteiger partial charge in [-0.2, -0.15) is 0 Å². The number of hydrogen-bond donors (Lipinski definition) is 4. The van der Waals surface area contributed by atoms with E-state index < -0.39 is 23.6 Å². The molecular formula is C21H34O5. The first-order chi connectivity index (χ1) is 12.2. The summed E-state index contributed by atoms with van der Waals surface area (Å²) in [6, 6.07) is 0. The summed E-state index contributed by atoms with van der Waals surface area (Å²) in [5.41, 5.74) is -0.537. The van der Waals surface area contributed by atoms with Crippen LogP contribution in [0.15, 0.2) is 0 Å². The second kappa shape index (κ2) is 6.18. The molecule has 4 aliphatic rings. The first-order valence-corrected chi connectivity index (χ1v) is 10.5. The van der Waals surface area contributed by atoms with Crippen LogP contribution < -0.4 is 0 Å². The molecular weight excluding hydrogens is 332 g/mol. The summed E-state index contributed by atoms with van der Waals surface area (Å²) in [6.45, 7) is 4.30. The van der Waals surface area contributed by atoms with E-state index in [0.29, 0.717) is 17.8 Å². The fraction of sp³-hybridized carbons (Fsp3) is 0.952. The average molecular weight is 366 g/mol. The third kappa shape index (κ3) is 2.43. The molecule has 0 aromatic heterocycles. The average Bonchev–Trinajstić information content (AvgIpc) is 2.90. The second-order valence-electron chi connectivity index (χ2n) is 10.2. The van der Waals surface area contributed by atoms with Crippen molar-refractivity contribution >= 4 is 5.97 Å². The zero-order chi connectivity index (χ0) is 18.9. The van der Waals surface area contributed by atoms with Crippen LogP contribution in [0.25, 0.3) is 0 Å². The zero-order valence-corrected chi connectivity index (χ0v) is 16.0. The number of aliphatic hydroxyl groups excluding tert-OH is 3. The Labute approximate surface area is 155 Å². The number of aliphatic carboxylic acids is 1. The van der Waals surface area contributed by atoms with Crippen molar-refractivity contribution in [2.24, 2.45) is 40.4 Å².